The highest BCUT2D eigenvalue weighted by molar-refractivity contribution is 7.15. The van der Waals surface area contributed by atoms with E-state index in [0.29, 0.717) is 5.92 Å². The Labute approximate surface area is 75.8 Å². The van der Waals surface area contributed by atoms with Crippen LogP contribution in [0.5, 0.6) is 0 Å². The maximum absolute atomic E-state index is 4.33. The molecule has 0 aliphatic rings. The number of aryl methyl sites for hydroxylation is 1. The first-order chi connectivity index (χ1) is 5.70. The molecule has 2 heterocycles. The van der Waals surface area contributed by atoms with Crippen LogP contribution in [0.2, 0.25) is 0 Å². The van der Waals surface area contributed by atoms with Gasteiger partial charge in [-0.25, -0.2) is 4.52 Å². The SMILES string of the molecule is Cc1csc2c(C(C)C)cnn12. The first kappa shape index (κ1) is 7.80. The van der Waals surface area contributed by atoms with Crippen LogP contribution >= 0.6 is 11.3 Å². The Morgan fingerprint density at radius 2 is 2.25 bits per heavy atom. The summed E-state index contributed by atoms with van der Waals surface area (Å²) in [4.78, 5) is 1.29. The first-order valence-corrected chi connectivity index (χ1v) is 5.00. The van der Waals surface area contributed by atoms with Crippen molar-refractivity contribution in [3.8, 4) is 0 Å². The Morgan fingerprint density at radius 3 is 2.92 bits per heavy atom. The third-order valence-electron chi connectivity index (χ3n) is 2.05. The van der Waals surface area contributed by atoms with Crippen molar-refractivity contribution in [2.75, 3.05) is 0 Å². The molecule has 0 unspecified atom stereocenters. The van der Waals surface area contributed by atoms with Crippen molar-refractivity contribution in [2.45, 2.75) is 26.7 Å². The maximum Gasteiger partial charge on any atom is 0.122 e. The Hall–Kier alpha value is -0.830. The monoisotopic (exact) mass is 180 g/mol. The molecule has 0 amide bonds. The normalized spacial score (nSPS) is 11.7. The number of hydrogen-bond acceptors (Lipinski definition) is 2. The van der Waals surface area contributed by atoms with Crippen molar-refractivity contribution in [1.29, 1.82) is 0 Å². The van der Waals surface area contributed by atoms with Crippen molar-refractivity contribution < 1.29 is 0 Å². The van der Waals surface area contributed by atoms with Crippen LogP contribution in [0.4, 0.5) is 0 Å². The molecular formula is C9H12N2S. The summed E-state index contributed by atoms with van der Waals surface area (Å²) in [6.45, 7) is 6.48. The summed E-state index contributed by atoms with van der Waals surface area (Å²) in [5.41, 5.74) is 2.58. The molecule has 0 bridgehead atoms. The molecule has 2 rings (SSSR count). The van der Waals surface area contributed by atoms with Crippen LogP contribution in [0.15, 0.2) is 11.6 Å². The van der Waals surface area contributed by atoms with Gasteiger partial charge in [0.25, 0.3) is 0 Å². The Bertz CT molecular complexity index is 397. The van der Waals surface area contributed by atoms with E-state index < -0.39 is 0 Å². The third kappa shape index (κ3) is 0.966. The van der Waals surface area contributed by atoms with Gasteiger partial charge in [-0.05, 0) is 12.8 Å². The van der Waals surface area contributed by atoms with Gasteiger partial charge in [-0.1, -0.05) is 13.8 Å². The van der Waals surface area contributed by atoms with Crippen LogP contribution < -0.4 is 0 Å². The fraction of sp³-hybridized carbons (Fsp3) is 0.444. The lowest BCUT2D eigenvalue weighted by Gasteiger charge is -1.97. The molecular weight excluding hydrogens is 168 g/mol. The number of nitrogens with zero attached hydrogens (tertiary/aromatic N) is 2. The van der Waals surface area contributed by atoms with E-state index in [-0.39, 0.29) is 0 Å². The lowest BCUT2D eigenvalue weighted by atomic mass is 10.1. The Kier molecular flexibility index (Phi) is 1.68. The third-order valence-corrected chi connectivity index (χ3v) is 3.14. The van der Waals surface area contributed by atoms with Crippen LogP contribution in [0.25, 0.3) is 4.83 Å². The van der Waals surface area contributed by atoms with E-state index in [4.69, 9.17) is 0 Å². The number of rotatable bonds is 1. The van der Waals surface area contributed by atoms with Gasteiger partial charge < -0.3 is 0 Å². The van der Waals surface area contributed by atoms with Crippen molar-refractivity contribution in [3.05, 3.63) is 22.8 Å². The topological polar surface area (TPSA) is 17.3 Å². The molecule has 0 spiro atoms. The number of thiazole rings is 1. The van der Waals surface area contributed by atoms with Gasteiger partial charge in [-0.3, -0.25) is 0 Å². The minimum absolute atomic E-state index is 0.570. The summed E-state index contributed by atoms with van der Waals surface area (Å²) < 4.78 is 2.01. The average Bonchev–Trinajstić information content (AvgIpc) is 2.53. The van der Waals surface area contributed by atoms with E-state index in [0.717, 1.165) is 0 Å². The predicted octanol–water partition coefficient (Wildman–Crippen LogP) is 2.83. The maximum atomic E-state index is 4.33. The molecule has 0 saturated heterocycles. The van der Waals surface area contributed by atoms with Gasteiger partial charge in [0.1, 0.15) is 4.83 Å². The van der Waals surface area contributed by atoms with Gasteiger partial charge >= 0.3 is 0 Å². The van der Waals surface area contributed by atoms with Crippen LogP contribution in [-0.2, 0) is 0 Å². The molecule has 2 aromatic rings. The quantitative estimate of drug-likeness (QED) is 0.659. The zero-order chi connectivity index (χ0) is 8.72. The summed E-state index contributed by atoms with van der Waals surface area (Å²) >= 11 is 1.78. The second kappa shape index (κ2) is 2.59. The number of fused-ring (bicyclic) bond motifs is 1. The molecule has 0 atom stereocenters. The summed E-state index contributed by atoms with van der Waals surface area (Å²) in [5, 5.41) is 6.47. The second-order valence-electron chi connectivity index (χ2n) is 3.35. The molecule has 0 saturated carbocycles. The number of hydrogen-bond donors (Lipinski definition) is 0. The molecule has 3 heteroatoms. The van der Waals surface area contributed by atoms with Crippen LogP contribution in [0.3, 0.4) is 0 Å². The molecule has 0 aromatic carbocycles. The van der Waals surface area contributed by atoms with Crippen molar-refractivity contribution in [3.63, 3.8) is 0 Å². The summed E-state index contributed by atoms with van der Waals surface area (Å²) in [7, 11) is 0. The zero-order valence-electron chi connectivity index (χ0n) is 7.53. The van der Waals surface area contributed by atoms with E-state index in [2.05, 4.69) is 31.2 Å². The van der Waals surface area contributed by atoms with Crippen molar-refractivity contribution in [2.24, 2.45) is 0 Å². The van der Waals surface area contributed by atoms with E-state index in [1.165, 1.54) is 16.1 Å². The van der Waals surface area contributed by atoms with E-state index >= 15 is 0 Å². The molecule has 12 heavy (non-hydrogen) atoms. The molecule has 64 valence electrons. The van der Waals surface area contributed by atoms with Crippen LogP contribution in [0.1, 0.15) is 31.0 Å². The highest BCUT2D eigenvalue weighted by Crippen LogP contribution is 2.25. The van der Waals surface area contributed by atoms with E-state index in [1.54, 1.807) is 11.3 Å². The Morgan fingerprint density at radius 1 is 1.50 bits per heavy atom. The standard InChI is InChI=1S/C9H12N2S/c1-6(2)8-4-10-11-7(3)5-12-9(8)11/h4-6H,1-3H3. The van der Waals surface area contributed by atoms with Gasteiger partial charge in [0.05, 0.1) is 11.9 Å². The molecule has 0 radical (unpaired) electrons. The predicted molar refractivity (Wildman–Crippen MR) is 51.9 cm³/mol. The molecule has 2 nitrogen and oxygen atoms in total. The second-order valence-corrected chi connectivity index (χ2v) is 4.21. The largest absolute Gasteiger partial charge is 0.227 e. The highest BCUT2D eigenvalue weighted by Gasteiger charge is 2.09. The van der Waals surface area contributed by atoms with E-state index in [9.17, 15) is 0 Å². The summed E-state index contributed by atoms with van der Waals surface area (Å²) in [5.74, 6) is 0.570. The summed E-state index contributed by atoms with van der Waals surface area (Å²) in [6.07, 6.45) is 1.98. The van der Waals surface area contributed by atoms with Crippen molar-refractivity contribution in [1.82, 2.24) is 9.61 Å². The molecule has 0 aliphatic carbocycles. The fourth-order valence-corrected chi connectivity index (χ4v) is 2.40. The number of aromatic nitrogens is 2. The lowest BCUT2D eigenvalue weighted by Crippen LogP contribution is -1.85. The highest BCUT2D eigenvalue weighted by atomic mass is 32.1. The molecule has 2 aromatic heterocycles. The van der Waals surface area contributed by atoms with Gasteiger partial charge in [0.15, 0.2) is 0 Å². The van der Waals surface area contributed by atoms with Gasteiger partial charge in [0, 0.05) is 10.9 Å². The molecule has 0 aliphatic heterocycles. The molecule has 0 fully saturated rings. The average molecular weight is 180 g/mol. The molecule has 0 N–H and O–H groups in total. The van der Waals surface area contributed by atoms with E-state index in [1.807, 2.05) is 10.7 Å². The van der Waals surface area contributed by atoms with Crippen LogP contribution in [0, 0.1) is 6.92 Å². The van der Waals surface area contributed by atoms with Gasteiger partial charge in [0.2, 0.25) is 0 Å². The minimum Gasteiger partial charge on any atom is -0.227 e. The lowest BCUT2D eigenvalue weighted by molar-refractivity contribution is 0.877. The van der Waals surface area contributed by atoms with Crippen molar-refractivity contribution >= 4 is 16.2 Å². The summed E-state index contributed by atoms with van der Waals surface area (Å²) in [6, 6.07) is 0. The van der Waals surface area contributed by atoms with Gasteiger partial charge in [-0.2, -0.15) is 5.10 Å². The first-order valence-electron chi connectivity index (χ1n) is 4.12. The smallest absolute Gasteiger partial charge is 0.122 e. The Balaban J connectivity index is 2.71. The fourth-order valence-electron chi connectivity index (χ4n) is 1.31. The zero-order valence-corrected chi connectivity index (χ0v) is 8.35. The minimum atomic E-state index is 0.570. The van der Waals surface area contributed by atoms with Crippen LogP contribution in [-0.4, -0.2) is 9.61 Å². The van der Waals surface area contributed by atoms with Gasteiger partial charge in [-0.15, -0.1) is 11.3 Å².